The fourth-order valence-corrected chi connectivity index (χ4v) is 3.68. The van der Waals surface area contributed by atoms with Gasteiger partial charge in [-0.1, -0.05) is 27.2 Å². The summed E-state index contributed by atoms with van der Waals surface area (Å²) in [6, 6.07) is 0.600. The van der Waals surface area contributed by atoms with E-state index in [1.807, 2.05) is 0 Å². The highest BCUT2D eigenvalue weighted by Gasteiger charge is 2.31. The van der Waals surface area contributed by atoms with Gasteiger partial charge in [0.15, 0.2) is 0 Å². The molecule has 0 amide bonds. The highest BCUT2D eigenvalue weighted by molar-refractivity contribution is 7.90. The maximum atomic E-state index is 11.0. The summed E-state index contributed by atoms with van der Waals surface area (Å²) >= 11 is 0. The highest BCUT2D eigenvalue weighted by Crippen LogP contribution is 2.40. The van der Waals surface area contributed by atoms with E-state index in [1.54, 1.807) is 0 Å². The first kappa shape index (κ1) is 17.0. The molecule has 1 N–H and O–H groups in total. The van der Waals surface area contributed by atoms with E-state index < -0.39 is 9.84 Å². The monoisotopic (exact) mass is 289 g/mol. The van der Waals surface area contributed by atoms with Crippen molar-refractivity contribution in [1.82, 2.24) is 5.32 Å². The normalized spacial score (nSPS) is 25.5. The third-order valence-corrected chi connectivity index (χ3v) is 5.90. The Hall–Kier alpha value is -0.0900. The van der Waals surface area contributed by atoms with Gasteiger partial charge >= 0.3 is 0 Å². The van der Waals surface area contributed by atoms with Crippen LogP contribution in [0.25, 0.3) is 0 Å². The van der Waals surface area contributed by atoms with Crippen molar-refractivity contribution in [3.05, 3.63) is 0 Å². The van der Waals surface area contributed by atoms with E-state index in [2.05, 4.69) is 26.1 Å². The van der Waals surface area contributed by atoms with Gasteiger partial charge in [0.05, 0.1) is 5.75 Å². The minimum absolute atomic E-state index is 0.304. The van der Waals surface area contributed by atoms with E-state index >= 15 is 0 Å². The first-order valence-corrected chi connectivity index (χ1v) is 9.72. The van der Waals surface area contributed by atoms with Crippen LogP contribution in [0.3, 0.4) is 0 Å². The van der Waals surface area contributed by atoms with Crippen LogP contribution in [-0.2, 0) is 9.84 Å². The average Bonchev–Trinajstić information content (AvgIpc) is 2.34. The van der Waals surface area contributed by atoms with E-state index in [0.717, 1.165) is 18.9 Å². The lowest BCUT2D eigenvalue weighted by Gasteiger charge is -2.39. The van der Waals surface area contributed by atoms with Crippen molar-refractivity contribution in [2.75, 3.05) is 18.6 Å². The zero-order valence-electron chi connectivity index (χ0n) is 13.0. The molecule has 1 fully saturated rings. The SMILES string of the molecule is CCC(C)(C)C1CCC(NCCCS(C)(=O)=O)CC1. The van der Waals surface area contributed by atoms with E-state index in [1.165, 1.54) is 38.4 Å². The van der Waals surface area contributed by atoms with Crippen molar-refractivity contribution in [2.45, 2.75) is 65.3 Å². The molecule has 1 aliphatic carbocycles. The van der Waals surface area contributed by atoms with Gasteiger partial charge in [-0.15, -0.1) is 0 Å². The summed E-state index contributed by atoms with van der Waals surface area (Å²) < 4.78 is 22.1. The van der Waals surface area contributed by atoms with Crippen LogP contribution in [0.2, 0.25) is 0 Å². The summed E-state index contributed by atoms with van der Waals surface area (Å²) in [7, 11) is -2.80. The van der Waals surface area contributed by atoms with Crippen LogP contribution >= 0.6 is 0 Å². The number of hydrogen-bond acceptors (Lipinski definition) is 3. The molecule has 114 valence electrons. The number of nitrogens with one attached hydrogen (secondary N) is 1. The number of sulfone groups is 1. The molecule has 4 heteroatoms. The number of rotatable bonds is 7. The summed E-state index contributed by atoms with van der Waals surface area (Å²) in [5.41, 5.74) is 0.473. The van der Waals surface area contributed by atoms with Gasteiger partial charge in [-0.05, 0) is 50.0 Å². The second-order valence-corrected chi connectivity index (χ2v) is 9.09. The van der Waals surface area contributed by atoms with Crippen LogP contribution in [0.5, 0.6) is 0 Å². The molecule has 1 aliphatic rings. The third kappa shape index (κ3) is 6.26. The molecule has 0 bridgehead atoms. The Bertz CT molecular complexity index is 354. The van der Waals surface area contributed by atoms with Crippen LogP contribution in [0, 0.1) is 11.3 Å². The van der Waals surface area contributed by atoms with E-state index in [-0.39, 0.29) is 0 Å². The van der Waals surface area contributed by atoms with Crippen LogP contribution in [0.1, 0.15) is 59.3 Å². The van der Waals surface area contributed by atoms with Gasteiger partial charge in [-0.3, -0.25) is 0 Å². The van der Waals surface area contributed by atoms with Crippen molar-refractivity contribution in [3.8, 4) is 0 Å². The molecule has 1 rings (SSSR count). The first-order chi connectivity index (χ1) is 8.74. The van der Waals surface area contributed by atoms with Crippen molar-refractivity contribution in [2.24, 2.45) is 11.3 Å². The quantitative estimate of drug-likeness (QED) is 0.733. The smallest absolute Gasteiger partial charge is 0.147 e. The van der Waals surface area contributed by atoms with Crippen molar-refractivity contribution in [3.63, 3.8) is 0 Å². The molecular weight excluding hydrogens is 258 g/mol. The van der Waals surface area contributed by atoms with Crippen LogP contribution in [0.4, 0.5) is 0 Å². The summed E-state index contributed by atoms with van der Waals surface area (Å²) in [5, 5.41) is 3.52. The van der Waals surface area contributed by atoms with Crippen LogP contribution < -0.4 is 5.32 Å². The molecule has 3 nitrogen and oxygen atoms in total. The second-order valence-electron chi connectivity index (χ2n) is 6.83. The summed E-state index contributed by atoms with van der Waals surface area (Å²) in [5.74, 6) is 1.16. The predicted molar refractivity (Wildman–Crippen MR) is 82.1 cm³/mol. The fraction of sp³-hybridized carbons (Fsp3) is 1.00. The standard InChI is InChI=1S/C15H31NO2S/c1-5-15(2,3)13-7-9-14(10-8-13)16-11-6-12-19(4,17)18/h13-14,16H,5-12H2,1-4H3. The van der Waals surface area contributed by atoms with Crippen molar-refractivity contribution < 1.29 is 8.42 Å². The molecule has 0 radical (unpaired) electrons. The zero-order chi connectivity index (χ0) is 14.5. The molecule has 0 unspecified atom stereocenters. The lowest BCUT2D eigenvalue weighted by Crippen LogP contribution is -2.37. The molecule has 19 heavy (non-hydrogen) atoms. The van der Waals surface area contributed by atoms with Crippen LogP contribution in [0.15, 0.2) is 0 Å². The Morgan fingerprint density at radius 3 is 2.21 bits per heavy atom. The number of hydrogen-bond donors (Lipinski definition) is 1. The molecule has 0 spiro atoms. The minimum atomic E-state index is -2.80. The first-order valence-electron chi connectivity index (χ1n) is 7.65. The summed E-state index contributed by atoms with van der Waals surface area (Å²) in [4.78, 5) is 0. The Morgan fingerprint density at radius 2 is 1.74 bits per heavy atom. The Balaban J connectivity index is 2.20. The molecule has 0 aliphatic heterocycles. The minimum Gasteiger partial charge on any atom is -0.314 e. The Kier molecular flexibility index (Phi) is 6.31. The zero-order valence-corrected chi connectivity index (χ0v) is 13.9. The van der Waals surface area contributed by atoms with Gasteiger partial charge in [-0.25, -0.2) is 8.42 Å². The van der Waals surface area contributed by atoms with E-state index in [0.29, 0.717) is 17.2 Å². The maximum absolute atomic E-state index is 11.0. The summed E-state index contributed by atoms with van der Waals surface area (Å²) in [6.07, 6.45) is 8.41. The fourth-order valence-electron chi connectivity index (χ4n) is 3.01. The predicted octanol–water partition coefficient (Wildman–Crippen LogP) is 3.01. The van der Waals surface area contributed by atoms with Crippen molar-refractivity contribution >= 4 is 9.84 Å². The lowest BCUT2D eigenvalue weighted by molar-refractivity contribution is 0.137. The third-order valence-electron chi connectivity index (χ3n) is 4.87. The van der Waals surface area contributed by atoms with E-state index in [9.17, 15) is 8.42 Å². The topological polar surface area (TPSA) is 46.2 Å². The van der Waals surface area contributed by atoms with E-state index in [4.69, 9.17) is 0 Å². The van der Waals surface area contributed by atoms with Gasteiger partial charge in [0, 0.05) is 12.3 Å². The molecule has 0 saturated heterocycles. The van der Waals surface area contributed by atoms with Gasteiger partial charge < -0.3 is 5.32 Å². The summed E-state index contributed by atoms with van der Waals surface area (Å²) in [6.45, 7) is 7.89. The second kappa shape index (κ2) is 7.07. The van der Waals surface area contributed by atoms with Gasteiger partial charge in [0.1, 0.15) is 9.84 Å². The van der Waals surface area contributed by atoms with Gasteiger partial charge in [-0.2, -0.15) is 0 Å². The molecule has 0 aromatic carbocycles. The molecule has 0 aromatic heterocycles. The molecular formula is C15H31NO2S. The van der Waals surface area contributed by atoms with Gasteiger partial charge in [0.2, 0.25) is 0 Å². The van der Waals surface area contributed by atoms with Crippen molar-refractivity contribution in [1.29, 1.82) is 0 Å². The maximum Gasteiger partial charge on any atom is 0.147 e. The lowest BCUT2D eigenvalue weighted by atomic mass is 9.69. The Morgan fingerprint density at radius 1 is 1.16 bits per heavy atom. The van der Waals surface area contributed by atoms with Crippen LogP contribution in [-0.4, -0.2) is 33.0 Å². The van der Waals surface area contributed by atoms with Gasteiger partial charge in [0.25, 0.3) is 0 Å². The largest absolute Gasteiger partial charge is 0.314 e. The highest BCUT2D eigenvalue weighted by atomic mass is 32.2. The molecule has 0 aromatic rings. The molecule has 0 atom stereocenters. The average molecular weight is 289 g/mol. The molecule has 1 saturated carbocycles. The molecule has 0 heterocycles. The Labute approximate surface area is 119 Å².